The minimum absolute atomic E-state index is 0.348. The summed E-state index contributed by atoms with van der Waals surface area (Å²) in [6.45, 7) is 2.38. The summed E-state index contributed by atoms with van der Waals surface area (Å²) in [6, 6.07) is 0. The van der Waals surface area contributed by atoms with Crippen molar-refractivity contribution < 1.29 is 5.11 Å². The molecular weight excluding hydrogens is 160 g/mol. The van der Waals surface area contributed by atoms with Crippen LogP contribution in [0.15, 0.2) is 24.3 Å². The van der Waals surface area contributed by atoms with Gasteiger partial charge in [-0.3, -0.25) is 0 Å². The molecule has 0 saturated carbocycles. The second kappa shape index (κ2) is 11.4. The number of rotatable bonds is 8. The highest BCUT2D eigenvalue weighted by molar-refractivity contribution is 5.00. The molecule has 0 aliphatic rings. The van der Waals surface area contributed by atoms with Gasteiger partial charge in [-0.25, -0.2) is 0 Å². The normalized spacial score (nSPS) is 11.8. The molecule has 0 aliphatic heterocycles. The summed E-state index contributed by atoms with van der Waals surface area (Å²) in [4.78, 5) is 0. The maximum absolute atomic E-state index is 8.55. The third-order valence-electron chi connectivity index (χ3n) is 1.97. The van der Waals surface area contributed by atoms with Crippen molar-refractivity contribution >= 4 is 0 Å². The quantitative estimate of drug-likeness (QED) is 0.450. The van der Waals surface area contributed by atoms with E-state index in [1.165, 1.54) is 32.1 Å². The number of aliphatic hydroxyl groups excluding tert-OH is 1. The molecule has 0 bridgehead atoms. The van der Waals surface area contributed by atoms with Crippen LogP contribution in [0, 0.1) is 0 Å². The first-order valence-electron chi connectivity index (χ1n) is 5.30. The van der Waals surface area contributed by atoms with E-state index in [2.05, 4.69) is 18.2 Å². The minimum atomic E-state index is 0.348. The smallest absolute Gasteiger partial charge is 0.0431 e. The lowest BCUT2D eigenvalue weighted by atomic mass is 10.1. The average molecular weight is 182 g/mol. The van der Waals surface area contributed by atoms with Crippen molar-refractivity contribution in [2.75, 3.05) is 6.61 Å². The number of allylic oxidation sites excluding steroid dienone is 4. The highest BCUT2D eigenvalue weighted by Crippen LogP contribution is 2.05. The number of hydrogen-bond donors (Lipinski definition) is 1. The van der Waals surface area contributed by atoms with E-state index >= 15 is 0 Å². The van der Waals surface area contributed by atoms with Gasteiger partial charge in [0, 0.05) is 6.61 Å². The monoisotopic (exact) mass is 182 g/mol. The van der Waals surface area contributed by atoms with Gasteiger partial charge in [-0.15, -0.1) is 0 Å². The minimum Gasteiger partial charge on any atom is -0.396 e. The largest absolute Gasteiger partial charge is 0.396 e. The highest BCUT2D eigenvalue weighted by atomic mass is 16.2. The third kappa shape index (κ3) is 11.4. The van der Waals surface area contributed by atoms with Crippen molar-refractivity contribution in [1.82, 2.24) is 0 Å². The van der Waals surface area contributed by atoms with E-state index in [4.69, 9.17) is 5.11 Å². The summed E-state index contributed by atoms with van der Waals surface area (Å²) >= 11 is 0. The molecule has 0 spiro atoms. The Bertz CT molecular complexity index is 136. The molecule has 0 fully saturated rings. The van der Waals surface area contributed by atoms with Gasteiger partial charge in [0.15, 0.2) is 0 Å². The second-order valence-electron chi connectivity index (χ2n) is 3.23. The molecule has 1 nitrogen and oxygen atoms in total. The van der Waals surface area contributed by atoms with Crippen LogP contribution in [0.5, 0.6) is 0 Å². The van der Waals surface area contributed by atoms with E-state index in [-0.39, 0.29) is 0 Å². The maximum atomic E-state index is 8.55. The van der Waals surface area contributed by atoms with Crippen LogP contribution in [0.1, 0.15) is 45.4 Å². The van der Waals surface area contributed by atoms with Crippen LogP contribution in [0.2, 0.25) is 0 Å². The molecule has 0 unspecified atom stereocenters. The fraction of sp³-hybridized carbons (Fsp3) is 0.667. The fourth-order valence-corrected chi connectivity index (χ4v) is 1.19. The Morgan fingerprint density at radius 2 is 1.62 bits per heavy atom. The summed E-state index contributed by atoms with van der Waals surface area (Å²) in [5, 5.41) is 8.55. The van der Waals surface area contributed by atoms with Crippen LogP contribution in [-0.2, 0) is 0 Å². The van der Waals surface area contributed by atoms with E-state index in [1.54, 1.807) is 0 Å². The van der Waals surface area contributed by atoms with Gasteiger partial charge < -0.3 is 5.11 Å². The number of unbranched alkanes of at least 4 members (excludes halogenated alkanes) is 5. The first kappa shape index (κ1) is 12.4. The average Bonchev–Trinajstić information content (AvgIpc) is 2.16. The molecule has 0 atom stereocenters. The lowest BCUT2D eigenvalue weighted by Gasteiger charge is -1.96. The molecule has 0 radical (unpaired) electrons. The van der Waals surface area contributed by atoms with Gasteiger partial charge in [0.2, 0.25) is 0 Å². The van der Waals surface area contributed by atoms with Gasteiger partial charge in [0.05, 0.1) is 0 Å². The zero-order valence-electron chi connectivity index (χ0n) is 8.71. The van der Waals surface area contributed by atoms with Crippen LogP contribution >= 0.6 is 0 Å². The Labute approximate surface area is 82.2 Å². The molecule has 0 rings (SSSR count). The van der Waals surface area contributed by atoms with Gasteiger partial charge in [0.1, 0.15) is 0 Å². The van der Waals surface area contributed by atoms with Gasteiger partial charge in [-0.05, 0) is 26.2 Å². The van der Waals surface area contributed by atoms with Gasteiger partial charge in [-0.2, -0.15) is 0 Å². The summed E-state index contributed by atoms with van der Waals surface area (Å²) in [5.74, 6) is 0. The Kier molecular flexibility index (Phi) is 10.9. The van der Waals surface area contributed by atoms with Crippen LogP contribution in [0.3, 0.4) is 0 Å². The number of hydrogen-bond acceptors (Lipinski definition) is 1. The van der Waals surface area contributed by atoms with Crippen molar-refractivity contribution in [3.63, 3.8) is 0 Å². The van der Waals surface area contributed by atoms with E-state index < -0.39 is 0 Å². The lowest BCUT2D eigenvalue weighted by Crippen LogP contribution is -1.82. The topological polar surface area (TPSA) is 20.2 Å². The van der Waals surface area contributed by atoms with E-state index in [0.717, 1.165) is 6.42 Å². The molecule has 1 N–H and O–H groups in total. The van der Waals surface area contributed by atoms with Crippen molar-refractivity contribution in [1.29, 1.82) is 0 Å². The predicted molar refractivity (Wildman–Crippen MR) is 58.7 cm³/mol. The van der Waals surface area contributed by atoms with E-state index in [1.807, 2.05) is 13.0 Å². The summed E-state index contributed by atoms with van der Waals surface area (Å²) < 4.78 is 0. The van der Waals surface area contributed by atoms with Gasteiger partial charge in [0.25, 0.3) is 0 Å². The summed E-state index contributed by atoms with van der Waals surface area (Å²) in [5.41, 5.74) is 0. The van der Waals surface area contributed by atoms with Crippen LogP contribution in [0.4, 0.5) is 0 Å². The molecule has 0 heterocycles. The summed E-state index contributed by atoms with van der Waals surface area (Å²) in [6.07, 6.45) is 15.6. The van der Waals surface area contributed by atoms with Crippen molar-refractivity contribution in [2.45, 2.75) is 45.4 Å². The maximum Gasteiger partial charge on any atom is 0.0431 e. The highest BCUT2D eigenvalue weighted by Gasteiger charge is 1.87. The molecule has 0 aliphatic carbocycles. The van der Waals surface area contributed by atoms with Crippen molar-refractivity contribution in [3.05, 3.63) is 24.3 Å². The lowest BCUT2D eigenvalue weighted by molar-refractivity contribution is 0.282. The molecule has 76 valence electrons. The zero-order valence-corrected chi connectivity index (χ0v) is 8.71. The standard InChI is InChI=1S/C12H22O/c1-2-3-4-5-6-7-8-9-10-11-12-13/h2-5,13H,6-12H2,1H3/b3-2-,5-4+. The van der Waals surface area contributed by atoms with Crippen LogP contribution in [-0.4, -0.2) is 11.7 Å². The molecule has 13 heavy (non-hydrogen) atoms. The molecule has 0 aromatic rings. The second-order valence-corrected chi connectivity index (χ2v) is 3.23. The molecular formula is C12H22O. The zero-order chi connectivity index (χ0) is 9.78. The summed E-state index contributed by atoms with van der Waals surface area (Å²) in [7, 11) is 0. The molecule has 0 aromatic carbocycles. The Morgan fingerprint density at radius 1 is 0.923 bits per heavy atom. The first-order chi connectivity index (χ1) is 6.41. The Balaban J connectivity index is 2.99. The van der Waals surface area contributed by atoms with Crippen LogP contribution in [0.25, 0.3) is 0 Å². The predicted octanol–water partition coefficient (Wildman–Crippen LogP) is 3.45. The molecule has 1 heteroatoms. The van der Waals surface area contributed by atoms with Crippen molar-refractivity contribution in [3.8, 4) is 0 Å². The van der Waals surface area contributed by atoms with Gasteiger partial charge >= 0.3 is 0 Å². The van der Waals surface area contributed by atoms with Gasteiger partial charge in [-0.1, -0.05) is 43.6 Å². The number of aliphatic hydroxyl groups is 1. The Hall–Kier alpha value is -0.560. The van der Waals surface area contributed by atoms with E-state index in [9.17, 15) is 0 Å². The van der Waals surface area contributed by atoms with E-state index in [0.29, 0.717) is 6.61 Å². The first-order valence-corrected chi connectivity index (χ1v) is 5.30. The molecule has 0 amide bonds. The SMILES string of the molecule is C/C=C\C=C\CCCCCCCO. The molecule has 0 aromatic heterocycles. The fourth-order valence-electron chi connectivity index (χ4n) is 1.19. The van der Waals surface area contributed by atoms with Crippen molar-refractivity contribution in [2.24, 2.45) is 0 Å². The Morgan fingerprint density at radius 3 is 2.31 bits per heavy atom. The molecule has 0 saturated heterocycles. The third-order valence-corrected chi connectivity index (χ3v) is 1.97. The van der Waals surface area contributed by atoms with Crippen LogP contribution < -0.4 is 0 Å².